The molecule has 1 aliphatic carbocycles. The van der Waals surface area contributed by atoms with Crippen molar-refractivity contribution >= 4 is 30.7 Å². The molecule has 10 heteroatoms. The first-order chi connectivity index (χ1) is 13.7. The van der Waals surface area contributed by atoms with E-state index in [1.807, 2.05) is 18.2 Å². The molecule has 3 rings (SSSR count). The van der Waals surface area contributed by atoms with E-state index >= 15 is 0 Å². The van der Waals surface area contributed by atoms with Gasteiger partial charge in [-0.3, -0.25) is 19.9 Å². The molecule has 3 atom stereocenters. The lowest BCUT2D eigenvalue weighted by Gasteiger charge is -2.33. The third-order valence-electron chi connectivity index (χ3n) is 5.95. The Morgan fingerprint density at radius 3 is 2.66 bits per heavy atom. The van der Waals surface area contributed by atoms with Crippen molar-refractivity contribution in [2.45, 2.75) is 31.1 Å². The van der Waals surface area contributed by atoms with Crippen molar-refractivity contribution in [2.24, 2.45) is 5.92 Å². The molecule has 9 nitrogen and oxygen atoms in total. The van der Waals surface area contributed by atoms with E-state index in [1.165, 1.54) is 5.19 Å². The fourth-order valence-electron chi connectivity index (χ4n) is 4.28. The lowest BCUT2D eigenvalue weighted by molar-refractivity contribution is -0.385. The number of rotatable bonds is 6. The van der Waals surface area contributed by atoms with Gasteiger partial charge in [-0.1, -0.05) is 55.2 Å². The zero-order valence-electron chi connectivity index (χ0n) is 16.4. The van der Waals surface area contributed by atoms with Gasteiger partial charge in [0.1, 0.15) is 0 Å². The summed E-state index contributed by atoms with van der Waals surface area (Å²) in [6.45, 7) is 8.58. The Balaban J connectivity index is 1.95. The van der Waals surface area contributed by atoms with E-state index in [1.54, 1.807) is 0 Å². The van der Waals surface area contributed by atoms with Gasteiger partial charge >= 0.3 is 11.2 Å². The first-order valence-electron chi connectivity index (χ1n) is 9.32. The molecule has 0 bridgehead atoms. The number of anilines is 2. The Labute approximate surface area is 168 Å². The van der Waals surface area contributed by atoms with Crippen LogP contribution in [0.15, 0.2) is 47.3 Å². The summed E-state index contributed by atoms with van der Waals surface area (Å²) in [5.41, 5.74) is 4.90. The predicted octanol–water partition coefficient (Wildman–Crippen LogP) is 1.59. The molecule has 1 fully saturated rings. The fourth-order valence-corrected chi connectivity index (χ4v) is 7.91. The van der Waals surface area contributed by atoms with Crippen LogP contribution in [0.2, 0.25) is 18.6 Å². The number of H-pyrrole nitrogens is 1. The number of hydrogen-bond donors (Lipinski definition) is 4. The third-order valence-corrected chi connectivity index (χ3v) is 10.3. The molecule has 1 aromatic heterocycles. The van der Waals surface area contributed by atoms with E-state index < -0.39 is 24.2 Å². The van der Waals surface area contributed by atoms with Crippen molar-refractivity contribution in [3.8, 4) is 0 Å². The zero-order valence-corrected chi connectivity index (χ0v) is 17.4. The van der Waals surface area contributed by atoms with E-state index in [2.05, 4.69) is 47.1 Å². The van der Waals surface area contributed by atoms with Crippen LogP contribution in [0, 0.1) is 16.0 Å². The number of nitrogens with one attached hydrogen (secondary N) is 2. The number of hydrogen-bond acceptors (Lipinski definition) is 7. The Kier molecular flexibility index (Phi) is 5.58. The topological polar surface area (TPSA) is 147 Å². The minimum atomic E-state index is -2.00. The SMILES string of the molecule is C=C1C(Nc2nc(N)[nH]c(=O)c2[N+](=O)[O-])CC([Si](C)(C)c2ccccc2)C1CO. The summed E-state index contributed by atoms with van der Waals surface area (Å²) in [5, 5.41) is 25.7. The van der Waals surface area contributed by atoms with Gasteiger partial charge in [-0.15, -0.1) is 0 Å². The molecule has 0 radical (unpaired) electrons. The van der Waals surface area contributed by atoms with Crippen LogP contribution in [-0.4, -0.2) is 40.7 Å². The van der Waals surface area contributed by atoms with E-state index in [-0.39, 0.29) is 35.9 Å². The Morgan fingerprint density at radius 1 is 1.41 bits per heavy atom. The summed E-state index contributed by atoms with van der Waals surface area (Å²) in [6.07, 6.45) is 0.629. The van der Waals surface area contributed by atoms with Gasteiger partial charge in [-0.25, -0.2) is 0 Å². The number of aliphatic hydroxyl groups is 1. The van der Waals surface area contributed by atoms with Gasteiger partial charge in [0.25, 0.3) is 0 Å². The molecule has 5 N–H and O–H groups in total. The maximum absolute atomic E-state index is 12.0. The van der Waals surface area contributed by atoms with E-state index in [0.29, 0.717) is 6.42 Å². The highest BCUT2D eigenvalue weighted by atomic mass is 28.3. The smallest absolute Gasteiger partial charge is 0.375 e. The van der Waals surface area contributed by atoms with Gasteiger partial charge in [0.15, 0.2) is 0 Å². The zero-order chi connectivity index (χ0) is 21.3. The molecule has 0 spiro atoms. The van der Waals surface area contributed by atoms with Crippen LogP contribution in [0.25, 0.3) is 0 Å². The number of nitrogens with two attached hydrogens (primary N) is 1. The largest absolute Gasteiger partial charge is 0.396 e. The highest BCUT2D eigenvalue weighted by Crippen LogP contribution is 2.47. The monoisotopic (exact) mass is 415 g/mol. The highest BCUT2D eigenvalue weighted by molar-refractivity contribution is 6.91. The number of nitro groups is 1. The second-order valence-corrected chi connectivity index (χ2v) is 12.7. The first kappa shape index (κ1) is 20.7. The molecule has 1 aromatic carbocycles. The standard InChI is InChI=1S/C19H25N5O4Si/c1-11-13(10-25)15(29(2,3)12-7-5-4-6-8-12)9-14(11)21-17-16(24(27)28)18(26)23-19(20)22-17/h4-8,13-15,25H,1,9-10H2,2-3H3,(H4,20,21,22,23,26). The molecule has 2 aromatic rings. The van der Waals surface area contributed by atoms with Crippen molar-refractivity contribution in [3.63, 3.8) is 0 Å². The number of nitrogen functional groups attached to an aromatic ring is 1. The van der Waals surface area contributed by atoms with Crippen LogP contribution in [-0.2, 0) is 0 Å². The second kappa shape index (κ2) is 7.80. The summed E-state index contributed by atoms with van der Waals surface area (Å²) >= 11 is 0. The first-order valence-corrected chi connectivity index (χ1v) is 12.4. The van der Waals surface area contributed by atoms with Crippen LogP contribution >= 0.6 is 0 Å². The summed E-state index contributed by atoms with van der Waals surface area (Å²) in [5.74, 6) is -0.535. The lowest BCUT2D eigenvalue weighted by Crippen LogP contribution is -2.47. The quantitative estimate of drug-likeness (QED) is 0.242. The van der Waals surface area contributed by atoms with Crippen LogP contribution < -0.4 is 21.8 Å². The van der Waals surface area contributed by atoms with E-state index in [9.17, 15) is 20.0 Å². The van der Waals surface area contributed by atoms with Gasteiger partial charge in [-0.2, -0.15) is 4.98 Å². The third kappa shape index (κ3) is 3.81. The Bertz CT molecular complexity index is 992. The number of aliphatic hydroxyl groups excluding tert-OH is 1. The fraction of sp³-hybridized carbons (Fsp3) is 0.368. The molecule has 1 heterocycles. The number of benzene rings is 1. The number of aromatic nitrogens is 2. The van der Waals surface area contributed by atoms with Crippen LogP contribution in [0.5, 0.6) is 0 Å². The molecule has 0 amide bonds. The van der Waals surface area contributed by atoms with Gasteiger partial charge in [0.2, 0.25) is 11.8 Å². The van der Waals surface area contributed by atoms with Crippen molar-refractivity contribution in [3.05, 3.63) is 63.0 Å². The van der Waals surface area contributed by atoms with Gasteiger partial charge in [-0.05, 0) is 17.5 Å². The minimum absolute atomic E-state index is 0.0576. The molecular formula is C19H25N5O4Si. The van der Waals surface area contributed by atoms with Crippen molar-refractivity contribution < 1.29 is 10.0 Å². The average Bonchev–Trinajstić information content (AvgIpc) is 2.98. The highest BCUT2D eigenvalue weighted by Gasteiger charge is 2.47. The van der Waals surface area contributed by atoms with Gasteiger partial charge in [0.05, 0.1) is 13.0 Å². The lowest BCUT2D eigenvalue weighted by atomic mass is 10.0. The van der Waals surface area contributed by atoms with Crippen LogP contribution in [0.1, 0.15) is 6.42 Å². The summed E-state index contributed by atoms with van der Waals surface area (Å²) in [7, 11) is -2.00. The minimum Gasteiger partial charge on any atom is -0.396 e. The Hall–Kier alpha value is -2.98. The molecule has 0 aliphatic heterocycles. The van der Waals surface area contributed by atoms with Crippen molar-refractivity contribution in [1.82, 2.24) is 9.97 Å². The molecule has 154 valence electrons. The maximum atomic E-state index is 12.0. The number of aromatic amines is 1. The van der Waals surface area contributed by atoms with Crippen molar-refractivity contribution in [1.29, 1.82) is 0 Å². The summed E-state index contributed by atoms with van der Waals surface area (Å²) in [6, 6.07) is 9.83. The predicted molar refractivity (Wildman–Crippen MR) is 115 cm³/mol. The molecule has 29 heavy (non-hydrogen) atoms. The number of nitrogens with zero attached hydrogens (tertiary/aromatic N) is 2. The van der Waals surface area contributed by atoms with Gasteiger partial charge in [0, 0.05) is 18.6 Å². The summed E-state index contributed by atoms with van der Waals surface area (Å²) < 4.78 is 0. The second-order valence-electron chi connectivity index (χ2n) is 7.90. The molecular weight excluding hydrogens is 390 g/mol. The molecule has 0 saturated heterocycles. The van der Waals surface area contributed by atoms with Gasteiger partial charge < -0.3 is 16.2 Å². The van der Waals surface area contributed by atoms with E-state index in [4.69, 9.17) is 5.73 Å². The van der Waals surface area contributed by atoms with Crippen molar-refractivity contribution in [2.75, 3.05) is 17.7 Å². The average molecular weight is 416 g/mol. The summed E-state index contributed by atoms with van der Waals surface area (Å²) in [4.78, 5) is 28.6. The van der Waals surface area contributed by atoms with Crippen LogP contribution in [0.3, 0.4) is 0 Å². The maximum Gasteiger partial charge on any atom is 0.375 e. The normalized spacial score (nSPS) is 21.9. The Morgan fingerprint density at radius 2 is 2.07 bits per heavy atom. The van der Waals surface area contributed by atoms with Crippen LogP contribution in [0.4, 0.5) is 17.5 Å². The van der Waals surface area contributed by atoms with E-state index in [0.717, 1.165) is 5.57 Å². The molecule has 1 saturated carbocycles. The molecule has 1 aliphatic rings. The molecule has 3 unspecified atom stereocenters.